The minimum Gasteiger partial charge on any atom is -0.310 e. The van der Waals surface area contributed by atoms with Gasteiger partial charge in [0.1, 0.15) is 0 Å². The van der Waals surface area contributed by atoms with E-state index in [0.29, 0.717) is 0 Å². The van der Waals surface area contributed by atoms with Crippen molar-refractivity contribution >= 4 is 38.6 Å². The number of benzene rings is 11. The van der Waals surface area contributed by atoms with Crippen LogP contribution in [0.3, 0.4) is 0 Å². The summed E-state index contributed by atoms with van der Waals surface area (Å²) in [5.74, 6) is 0. The molecule has 0 fully saturated rings. The van der Waals surface area contributed by atoms with Gasteiger partial charge < -0.3 is 4.90 Å². The molecule has 11 aromatic rings. The minimum absolute atomic E-state index is 1.08. The summed E-state index contributed by atoms with van der Waals surface area (Å²) in [5, 5.41) is 4.97. The van der Waals surface area contributed by atoms with Crippen LogP contribution < -0.4 is 4.90 Å². The average molecular weight is 802 g/mol. The molecule has 0 aliphatic rings. The van der Waals surface area contributed by atoms with E-state index in [4.69, 9.17) is 0 Å². The summed E-state index contributed by atoms with van der Waals surface area (Å²) < 4.78 is 0. The molecule has 63 heavy (non-hydrogen) atoms. The molecule has 1 nitrogen and oxygen atoms in total. The minimum atomic E-state index is 1.08. The van der Waals surface area contributed by atoms with Gasteiger partial charge in [-0.2, -0.15) is 0 Å². The molecule has 0 aliphatic carbocycles. The highest BCUT2D eigenvalue weighted by atomic mass is 15.1. The van der Waals surface area contributed by atoms with Gasteiger partial charge in [-0.1, -0.05) is 218 Å². The van der Waals surface area contributed by atoms with Crippen molar-refractivity contribution in [3.63, 3.8) is 0 Å². The molecule has 0 aliphatic heterocycles. The van der Waals surface area contributed by atoms with E-state index in [1.807, 2.05) is 0 Å². The molecule has 1 heteroatoms. The van der Waals surface area contributed by atoms with Crippen molar-refractivity contribution in [3.05, 3.63) is 261 Å². The topological polar surface area (TPSA) is 3.24 Å². The fourth-order valence-electron chi connectivity index (χ4n) is 9.21. The number of hydrogen-bond acceptors (Lipinski definition) is 1. The maximum atomic E-state index is 2.38. The molecule has 0 bridgehead atoms. The largest absolute Gasteiger partial charge is 0.310 e. The van der Waals surface area contributed by atoms with Crippen LogP contribution in [0.25, 0.3) is 88.3 Å². The highest BCUT2D eigenvalue weighted by molar-refractivity contribution is 6.04. The average Bonchev–Trinajstić information content (AvgIpc) is 3.37. The zero-order chi connectivity index (χ0) is 42.0. The van der Waals surface area contributed by atoms with Gasteiger partial charge in [-0.25, -0.2) is 0 Å². The zero-order valence-corrected chi connectivity index (χ0v) is 34.8. The van der Waals surface area contributed by atoms with E-state index in [0.717, 1.165) is 17.1 Å². The van der Waals surface area contributed by atoms with Gasteiger partial charge in [0.15, 0.2) is 0 Å². The quantitative estimate of drug-likeness (QED) is 0.141. The van der Waals surface area contributed by atoms with E-state index in [2.05, 4.69) is 266 Å². The first-order chi connectivity index (χ1) is 31.2. The van der Waals surface area contributed by atoms with Gasteiger partial charge >= 0.3 is 0 Å². The van der Waals surface area contributed by atoms with Crippen LogP contribution in [0.4, 0.5) is 17.1 Å². The molecule has 0 unspecified atom stereocenters. The summed E-state index contributed by atoms with van der Waals surface area (Å²) in [4.78, 5) is 2.38. The van der Waals surface area contributed by atoms with E-state index in [1.165, 1.54) is 88.3 Å². The number of hydrogen-bond donors (Lipinski definition) is 0. The molecule has 11 rings (SSSR count). The molecule has 0 amide bonds. The van der Waals surface area contributed by atoms with Crippen LogP contribution in [-0.4, -0.2) is 0 Å². The Balaban J connectivity index is 1.02. The van der Waals surface area contributed by atoms with Crippen LogP contribution in [0.5, 0.6) is 0 Å². The van der Waals surface area contributed by atoms with Crippen LogP contribution in [0.2, 0.25) is 0 Å². The molecule has 0 N–H and O–H groups in total. The third-order valence-electron chi connectivity index (χ3n) is 12.3. The van der Waals surface area contributed by atoms with Crippen molar-refractivity contribution in [3.8, 4) is 66.8 Å². The number of rotatable bonds is 9. The summed E-state index contributed by atoms with van der Waals surface area (Å²) in [6.07, 6.45) is 0. The lowest BCUT2D eigenvalue weighted by Gasteiger charge is -2.27. The van der Waals surface area contributed by atoms with Gasteiger partial charge in [0, 0.05) is 17.1 Å². The maximum Gasteiger partial charge on any atom is 0.0467 e. The van der Waals surface area contributed by atoms with Crippen molar-refractivity contribution in [2.75, 3.05) is 4.90 Å². The Morgan fingerprint density at radius 3 is 1.37 bits per heavy atom. The summed E-state index contributed by atoms with van der Waals surface area (Å²) in [7, 11) is 0. The Labute approximate surface area is 369 Å². The normalized spacial score (nSPS) is 11.2. The summed E-state index contributed by atoms with van der Waals surface area (Å²) in [6.45, 7) is 0. The molecular formula is C62H43N. The van der Waals surface area contributed by atoms with E-state index in [9.17, 15) is 0 Å². The van der Waals surface area contributed by atoms with Crippen molar-refractivity contribution in [1.29, 1.82) is 0 Å². The van der Waals surface area contributed by atoms with E-state index in [-0.39, 0.29) is 0 Å². The third-order valence-corrected chi connectivity index (χ3v) is 12.3. The fourth-order valence-corrected chi connectivity index (χ4v) is 9.21. The molecule has 296 valence electrons. The molecule has 0 heterocycles. The lowest BCUT2D eigenvalue weighted by Crippen LogP contribution is -2.10. The third kappa shape index (κ3) is 7.37. The smallest absolute Gasteiger partial charge is 0.0467 e. The van der Waals surface area contributed by atoms with Crippen molar-refractivity contribution < 1.29 is 0 Å². The molecule has 0 spiro atoms. The second-order valence-corrected chi connectivity index (χ2v) is 16.1. The van der Waals surface area contributed by atoms with E-state index >= 15 is 0 Å². The van der Waals surface area contributed by atoms with Crippen LogP contribution >= 0.6 is 0 Å². The Morgan fingerprint density at radius 1 is 0.206 bits per heavy atom. The second-order valence-electron chi connectivity index (χ2n) is 16.1. The first-order valence-electron chi connectivity index (χ1n) is 21.7. The number of fused-ring (bicyclic) bond motifs is 2. The molecule has 0 saturated heterocycles. The van der Waals surface area contributed by atoms with Gasteiger partial charge in [0.05, 0.1) is 0 Å². The maximum absolute atomic E-state index is 2.38. The van der Waals surface area contributed by atoms with Gasteiger partial charge in [-0.05, 0) is 131 Å². The van der Waals surface area contributed by atoms with Gasteiger partial charge in [-0.15, -0.1) is 0 Å². The van der Waals surface area contributed by atoms with E-state index in [1.54, 1.807) is 0 Å². The summed E-state index contributed by atoms with van der Waals surface area (Å²) in [5.41, 5.74) is 17.7. The van der Waals surface area contributed by atoms with Crippen LogP contribution in [0.1, 0.15) is 0 Å². The van der Waals surface area contributed by atoms with Crippen LogP contribution in [-0.2, 0) is 0 Å². The highest BCUT2D eigenvalue weighted by Gasteiger charge is 2.18. The standard InChI is InChI=1S/C62H43N/c1-4-16-45(17-5-1)58-40-35-51(43-61(58)47-18-6-2-7-19-47)44-30-36-53(37-31-44)63(55-26-14-25-52(42-55)57-29-15-24-46-20-10-12-27-56(46)57)54-38-32-49(33-39-54)60-41-34-48-21-11-13-28-59(48)62(60)50-22-8-3-9-23-50/h1-43H. The van der Waals surface area contributed by atoms with Crippen molar-refractivity contribution in [2.45, 2.75) is 0 Å². The van der Waals surface area contributed by atoms with E-state index < -0.39 is 0 Å². The van der Waals surface area contributed by atoms with Crippen molar-refractivity contribution in [1.82, 2.24) is 0 Å². The molecular weight excluding hydrogens is 759 g/mol. The predicted molar refractivity (Wildman–Crippen MR) is 269 cm³/mol. The molecule has 0 aromatic heterocycles. The Morgan fingerprint density at radius 2 is 0.683 bits per heavy atom. The zero-order valence-electron chi connectivity index (χ0n) is 34.8. The van der Waals surface area contributed by atoms with Gasteiger partial charge in [-0.3, -0.25) is 0 Å². The predicted octanol–water partition coefficient (Wildman–Crippen LogP) is 17.5. The monoisotopic (exact) mass is 801 g/mol. The van der Waals surface area contributed by atoms with Gasteiger partial charge in [0.25, 0.3) is 0 Å². The second kappa shape index (κ2) is 16.7. The SMILES string of the molecule is c1ccc(-c2ccc(-c3ccc(N(c4ccc(-c5ccc6ccccc6c5-c5ccccc5)cc4)c4cccc(-c5cccc6ccccc56)c4)cc3)cc2-c2ccccc2)cc1. The summed E-state index contributed by atoms with van der Waals surface area (Å²) in [6, 6.07) is 94.6. The molecule has 0 saturated carbocycles. The summed E-state index contributed by atoms with van der Waals surface area (Å²) >= 11 is 0. The fraction of sp³-hybridized carbons (Fsp3) is 0. The number of anilines is 3. The Bertz CT molecular complexity index is 3350. The first-order valence-corrected chi connectivity index (χ1v) is 21.7. The van der Waals surface area contributed by atoms with Gasteiger partial charge in [0.2, 0.25) is 0 Å². The molecule has 0 radical (unpaired) electrons. The molecule has 0 atom stereocenters. The lowest BCUT2D eigenvalue weighted by molar-refractivity contribution is 1.28. The van der Waals surface area contributed by atoms with Crippen LogP contribution in [0.15, 0.2) is 261 Å². The lowest BCUT2D eigenvalue weighted by atomic mass is 9.89. The Hall–Kier alpha value is -8.26. The molecule has 11 aromatic carbocycles. The van der Waals surface area contributed by atoms with Crippen LogP contribution in [0, 0.1) is 0 Å². The first kappa shape index (κ1) is 37.7. The van der Waals surface area contributed by atoms with Crippen molar-refractivity contribution in [2.24, 2.45) is 0 Å². The Kier molecular flexibility index (Phi) is 9.97. The number of nitrogens with zero attached hydrogens (tertiary/aromatic N) is 1. The highest BCUT2D eigenvalue weighted by Crippen LogP contribution is 2.43.